The molecule has 1 unspecified atom stereocenters. The number of aryl methyl sites for hydroxylation is 1. The first-order valence-corrected chi connectivity index (χ1v) is 8.75. The average Bonchev–Trinajstić information content (AvgIpc) is 2.76. The highest BCUT2D eigenvalue weighted by atomic mass is 35.5. The van der Waals surface area contributed by atoms with Gasteiger partial charge in [0, 0.05) is 18.3 Å². The summed E-state index contributed by atoms with van der Waals surface area (Å²) < 4.78 is 63.9. The Morgan fingerprint density at radius 2 is 1.68 bits per heavy atom. The Bertz CT molecular complexity index is 812. The van der Waals surface area contributed by atoms with Gasteiger partial charge in [0.05, 0.1) is 15.7 Å². The lowest BCUT2D eigenvalue weighted by molar-refractivity contribution is -0.274. The lowest BCUT2D eigenvalue weighted by atomic mass is 10.3. The zero-order valence-electron chi connectivity index (χ0n) is 11.9. The normalized spacial score (nSPS) is 13.8. The van der Waals surface area contributed by atoms with Gasteiger partial charge in [0.2, 0.25) is 0 Å². The number of aromatic nitrogens is 2. The molecule has 0 fully saturated rings. The third-order valence-corrected chi connectivity index (χ3v) is 5.14. The highest BCUT2D eigenvalue weighted by molar-refractivity contribution is 7.89. The van der Waals surface area contributed by atoms with Crippen LogP contribution in [0.2, 0.25) is 10.0 Å². The molecule has 0 amide bonds. The molecule has 0 aliphatic carbocycles. The summed E-state index contributed by atoms with van der Waals surface area (Å²) in [6, 6.07) is 1.77. The Morgan fingerprint density at radius 3 is 2.12 bits per heavy atom. The fraction of sp³-hybridized carbons (Fsp3) is 0.250. The molecule has 138 valence electrons. The van der Waals surface area contributed by atoms with E-state index in [1.54, 1.807) is 0 Å². The minimum atomic E-state index is -4.92. The first-order chi connectivity index (χ1) is 11.3. The zero-order chi connectivity index (χ0) is 19.2. The van der Waals surface area contributed by atoms with Crippen molar-refractivity contribution in [1.82, 2.24) is 9.55 Å². The molecule has 4 nitrogen and oxygen atoms in total. The Morgan fingerprint density at radius 1 is 1.16 bits per heavy atom. The van der Waals surface area contributed by atoms with E-state index in [4.69, 9.17) is 46.4 Å². The first kappa shape index (κ1) is 20.6. The highest BCUT2D eigenvalue weighted by Crippen LogP contribution is 2.37. The van der Waals surface area contributed by atoms with Gasteiger partial charge in [0.25, 0.3) is 0 Å². The van der Waals surface area contributed by atoms with Crippen LogP contribution in [0, 0.1) is 6.92 Å². The third kappa shape index (κ3) is 4.91. The van der Waals surface area contributed by atoms with Crippen molar-refractivity contribution in [2.24, 2.45) is 0 Å². The van der Waals surface area contributed by atoms with Gasteiger partial charge in [0.1, 0.15) is 22.4 Å². The third-order valence-electron chi connectivity index (χ3n) is 2.73. The first-order valence-electron chi connectivity index (χ1n) is 6.09. The second kappa shape index (κ2) is 7.11. The van der Waals surface area contributed by atoms with Crippen LogP contribution in [0.1, 0.15) is 5.82 Å². The quantitative estimate of drug-likeness (QED) is 0.444. The second-order valence-corrected chi connectivity index (χ2v) is 8.51. The number of alkyl halides is 6. The smallest absolute Gasteiger partial charge is 0.406 e. The molecule has 0 N–H and O–H groups in total. The molecular weight excluding hydrogens is 454 g/mol. The molecule has 0 radical (unpaired) electrons. The predicted octanol–water partition coefficient (Wildman–Crippen LogP) is 5.55. The molecule has 1 atom stereocenters. The van der Waals surface area contributed by atoms with Gasteiger partial charge in [-0.1, -0.05) is 46.4 Å². The van der Waals surface area contributed by atoms with E-state index in [9.17, 15) is 21.8 Å². The van der Waals surface area contributed by atoms with E-state index in [-0.39, 0.29) is 26.6 Å². The summed E-state index contributed by atoms with van der Waals surface area (Å²) in [4.78, 5) is 3.84. The fourth-order valence-corrected chi connectivity index (χ4v) is 3.62. The van der Waals surface area contributed by atoms with Crippen molar-refractivity contribution in [3.05, 3.63) is 34.2 Å². The molecule has 0 aliphatic rings. The van der Waals surface area contributed by atoms with Gasteiger partial charge in [-0.2, -0.15) is 4.39 Å². The maximum Gasteiger partial charge on any atom is 0.573 e. The van der Waals surface area contributed by atoms with E-state index in [2.05, 4.69) is 9.72 Å². The average molecular weight is 460 g/mol. The van der Waals surface area contributed by atoms with Crippen molar-refractivity contribution in [3.63, 3.8) is 0 Å². The summed E-state index contributed by atoms with van der Waals surface area (Å²) in [5, 5.41) is -0.742. The highest BCUT2D eigenvalue weighted by Gasteiger charge is 2.35. The van der Waals surface area contributed by atoms with E-state index in [0.717, 1.165) is 18.3 Å². The monoisotopic (exact) mass is 458 g/mol. The van der Waals surface area contributed by atoms with Gasteiger partial charge >= 0.3 is 10.3 Å². The Hall–Kier alpha value is -0.740. The lowest BCUT2D eigenvalue weighted by Gasteiger charge is -2.14. The predicted molar refractivity (Wildman–Crippen MR) is 87.0 cm³/mol. The molecule has 1 aromatic carbocycles. The van der Waals surface area contributed by atoms with Crippen LogP contribution in [0.25, 0.3) is 5.69 Å². The number of nitrogens with zero attached hydrogens (tertiary/aromatic N) is 2. The minimum Gasteiger partial charge on any atom is -0.406 e. The van der Waals surface area contributed by atoms with Crippen molar-refractivity contribution in [1.29, 1.82) is 0 Å². The molecule has 13 heteroatoms. The second-order valence-electron chi connectivity index (χ2n) is 4.49. The largest absolute Gasteiger partial charge is 0.573 e. The Balaban J connectivity index is 2.50. The molecular formula is C12H6Cl4F4N2O2S. The minimum absolute atomic E-state index is 0.0275. The van der Waals surface area contributed by atoms with Crippen molar-refractivity contribution >= 4 is 57.2 Å². The van der Waals surface area contributed by atoms with E-state index >= 15 is 0 Å². The number of rotatable bonds is 4. The van der Waals surface area contributed by atoms with E-state index in [0.29, 0.717) is 0 Å². The number of ether oxygens (including phenoxy) is 1. The van der Waals surface area contributed by atoms with Crippen LogP contribution in [0.3, 0.4) is 0 Å². The molecule has 0 saturated carbocycles. The van der Waals surface area contributed by atoms with Crippen molar-refractivity contribution in [3.8, 4) is 11.4 Å². The van der Waals surface area contributed by atoms with Crippen LogP contribution < -0.4 is 4.74 Å². The maximum absolute atomic E-state index is 13.4. The molecule has 25 heavy (non-hydrogen) atoms. The van der Waals surface area contributed by atoms with Gasteiger partial charge < -0.3 is 4.74 Å². The molecule has 0 bridgehead atoms. The molecule has 0 saturated heterocycles. The summed E-state index contributed by atoms with van der Waals surface area (Å²) in [6.07, 6.45) is -3.82. The van der Waals surface area contributed by atoms with Gasteiger partial charge in [-0.25, -0.2) is 9.19 Å². The van der Waals surface area contributed by atoms with Crippen LogP contribution in [-0.2, 0) is 10.8 Å². The Kier molecular flexibility index (Phi) is 5.85. The molecule has 1 heterocycles. The topological polar surface area (TPSA) is 44.1 Å². The lowest BCUT2D eigenvalue weighted by Crippen LogP contribution is -2.17. The maximum atomic E-state index is 13.4. The molecule has 2 rings (SSSR count). The summed E-state index contributed by atoms with van der Waals surface area (Å²) in [5.74, 6) is -0.466. The summed E-state index contributed by atoms with van der Waals surface area (Å²) in [5.41, 5.74) is 0.0275. The SMILES string of the molecule is Cc1nc(S(=O)C(F)(Cl)Cl)cn1-c1c(Cl)cc(OC(F)(F)F)cc1Cl. The van der Waals surface area contributed by atoms with Gasteiger partial charge in [-0.05, 0) is 6.92 Å². The van der Waals surface area contributed by atoms with Gasteiger partial charge in [0.15, 0.2) is 5.03 Å². The van der Waals surface area contributed by atoms with Crippen LogP contribution >= 0.6 is 46.4 Å². The molecule has 0 aliphatic heterocycles. The van der Waals surface area contributed by atoms with Crippen molar-refractivity contribution in [2.45, 2.75) is 22.2 Å². The molecule has 1 aromatic heterocycles. The van der Waals surface area contributed by atoms with Crippen molar-refractivity contribution < 1.29 is 26.5 Å². The van der Waals surface area contributed by atoms with Crippen LogP contribution in [0.4, 0.5) is 17.6 Å². The van der Waals surface area contributed by atoms with Gasteiger partial charge in [-0.15, -0.1) is 13.2 Å². The summed E-state index contributed by atoms with van der Waals surface area (Å²) in [6.45, 7) is 1.44. The fourth-order valence-electron chi connectivity index (χ4n) is 1.85. The van der Waals surface area contributed by atoms with Crippen LogP contribution in [0.15, 0.2) is 23.4 Å². The molecule has 0 spiro atoms. The van der Waals surface area contributed by atoms with Gasteiger partial charge in [-0.3, -0.25) is 4.57 Å². The Labute approximate surface area is 161 Å². The van der Waals surface area contributed by atoms with E-state index in [1.165, 1.54) is 11.5 Å². The summed E-state index contributed by atoms with van der Waals surface area (Å²) >= 11 is 22.2. The molecule has 2 aromatic rings. The van der Waals surface area contributed by atoms with E-state index in [1.807, 2.05) is 0 Å². The van der Waals surface area contributed by atoms with Crippen LogP contribution in [0.5, 0.6) is 5.75 Å². The number of benzene rings is 1. The number of imidazole rings is 1. The van der Waals surface area contributed by atoms with Crippen molar-refractivity contribution in [2.75, 3.05) is 0 Å². The standard InChI is InChI=1S/C12H6Cl4F4N2O2S/c1-5-21-9(25(23)11(15,16)17)4-22(5)10-7(13)2-6(3-8(10)14)24-12(18,19)20/h2-4H,1H3. The zero-order valence-corrected chi connectivity index (χ0v) is 15.7. The number of hydrogen-bond acceptors (Lipinski definition) is 3. The summed E-state index contributed by atoms with van der Waals surface area (Å²) in [7, 11) is -2.52. The number of halogens is 8. The van der Waals surface area contributed by atoms with E-state index < -0.39 is 26.8 Å². The van der Waals surface area contributed by atoms with Crippen LogP contribution in [-0.4, -0.2) is 24.0 Å². The number of hydrogen-bond donors (Lipinski definition) is 0.